The van der Waals surface area contributed by atoms with Crippen LogP contribution in [0.15, 0.2) is 0 Å². The van der Waals surface area contributed by atoms with E-state index in [0.717, 1.165) is 6.36 Å². The number of nitrogens with zero attached hydrogens (tertiary/aromatic N) is 1. The predicted octanol–water partition coefficient (Wildman–Crippen LogP) is 4.48. The Balaban J connectivity index is 0.000000423. The van der Waals surface area contributed by atoms with E-state index in [9.17, 15) is 4.79 Å². The molecule has 86 valence electrons. The normalized spacial score (nSPS) is 24.1. The first-order valence-corrected chi connectivity index (χ1v) is 8.34. The van der Waals surface area contributed by atoms with Crippen LogP contribution in [0.5, 0.6) is 0 Å². The molecule has 1 aliphatic rings. The molecule has 15 heavy (non-hydrogen) atoms. The fourth-order valence-electron chi connectivity index (χ4n) is 1.78. The monoisotopic (exact) mass is 545 g/mol. The van der Waals surface area contributed by atoms with Crippen molar-refractivity contribution in [2.24, 2.45) is 11.3 Å². The lowest BCUT2D eigenvalue weighted by atomic mass is 9.72. The molecule has 0 N–H and O–H groups in total. The van der Waals surface area contributed by atoms with Crippen LogP contribution < -0.4 is 0 Å². The van der Waals surface area contributed by atoms with E-state index in [1.807, 2.05) is 0 Å². The molecule has 0 aromatic carbocycles. The Kier molecular flexibility index (Phi) is 8.32. The number of hydrogen-bond acceptors (Lipinski definition) is 2. The maximum atomic E-state index is 11.1. The zero-order valence-corrected chi connectivity index (χ0v) is 15.2. The number of rotatable bonds is 0. The fourth-order valence-corrected chi connectivity index (χ4v) is 1.78. The van der Waals surface area contributed by atoms with Crippen LogP contribution in [0.2, 0.25) is 0 Å². The van der Waals surface area contributed by atoms with Gasteiger partial charge >= 0.3 is 0 Å². The largest absolute Gasteiger partial charge is 0.300 e. The van der Waals surface area contributed by atoms with Crippen molar-refractivity contribution in [1.29, 1.82) is 5.26 Å². The van der Waals surface area contributed by atoms with E-state index >= 15 is 0 Å². The molecule has 1 fully saturated rings. The summed E-state index contributed by atoms with van der Waals surface area (Å²) in [5.74, 6) is 0.207. The molecule has 0 amide bonds. The molecular weight excluding hydrogens is 531 g/mol. The van der Waals surface area contributed by atoms with Gasteiger partial charge in [-0.1, -0.05) is 81.6 Å². The van der Waals surface area contributed by atoms with Crippen molar-refractivity contribution in [2.75, 3.05) is 0 Å². The summed E-state index contributed by atoms with van der Waals surface area (Å²) in [6, 6.07) is 2.17. The van der Waals surface area contributed by atoms with Crippen molar-refractivity contribution in [3.8, 4) is 6.07 Å². The van der Waals surface area contributed by atoms with Crippen molar-refractivity contribution in [2.45, 2.75) is 33.0 Å². The molecule has 0 heterocycles. The summed E-state index contributed by atoms with van der Waals surface area (Å²) in [6.45, 7) is 4.10. The van der Waals surface area contributed by atoms with Crippen molar-refractivity contribution in [3.05, 3.63) is 0 Å². The molecule has 0 spiro atoms. The number of hydrogen-bond donors (Lipinski definition) is 0. The zero-order chi connectivity index (χ0) is 12.1. The van der Waals surface area contributed by atoms with Crippen molar-refractivity contribution in [1.82, 2.24) is 0 Å². The van der Waals surface area contributed by atoms with Crippen LogP contribution in [0.25, 0.3) is 0 Å². The molecule has 1 unspecified atom stereocenters. The fraction of sp³-hybridized carbons (Fsp3) is 0.800. The third-order valence-corrected chi connectivity index (χ3v) is 2.13. The van der Waals surface area contributed by atoms with Crippen LogP contribution in [-0.2, 0) is 4.79 Å². The summed E-state index contributed by atoms with van der Waals surface area (Å²) in [4.78, 5) is 11.1. The molecule has 2 nitrogen and oxygen atoms in total. The Morgan fingerprint density at radius 2 is 1.93 bits per heavy atom. The minimum atomic E-state index is -0.0359. The quantitative estimate of drug-likeness (QED) is 0.333. The number of halogens is 3. The molecule has 0 radical (unpaired) electrons. The maximum Gasteiger partial charge on any atom is 0.134 e. The van der Waals surface area contributed by atoms with Crippen LogP contribution in [0.4, 0.5) is 0 Å². The highest BCUT2D eigenvalue weighted by molar-refractivity contribution is 14.3. The molecule has 0 aliphatic heterocycles. The smallest absolute Gasteiger partial charge is 0.134 e. The van der Waals surface area contributed by atoms with Gasteiger partial charge in [0.2, 0.25) is 0 Å². The Morgan fingerprint density at radius 3 is 2.27 bits per heavy atom. The van der Waals surface area contributed by atoms with Crippen LogP contribution in [-0.4, -0.2) is 5.72 Å². The highest BCUT2D eigenvalue weighted by Gasteiger charge is 2.32. The molecule has 0 bridgehead atoms. The topological polar surface area (TPSA) is 40.9 Å². The standard InChI is InChI=1S/C9H13NO.CHI3/c1-9(2)4-7(6-10)3-8(11)5-9;2-1(3)4/h7H,3-5H2,1-2H3;1H. The number of carbonyl (C=O) groups excluding carboxylic acids is 1. The predicted molar refractivity (Wildman–Crippen MR) is 87.6 cm³/mol. The molecule has 1 rings (SSSR count). The average molecular weight is 545 g/mol. The third-order valence-electron chi connectivity index (χ3n) is 2.13. The second-order valence-electron chi connectivity index (χ2n) is 4.36. The number of nitriles is 1. The van der Waals surface area contributed by atoms with Crippen molar-refractivity contribution >= 4 is 73.6 Å². The summed E-state index contributed by atoms with van der Waals surface area (Å²) in [5.41, 5.74) is 0.0513. The van der Waals surface area contributed by atoms with Gasteiger partial charge in [0.05, 0.1) is 12.0 Å². The Hall–Kier alpha value is 1.35. The van der Waals surface area contributed by atoms with Crippen LogP contribution in [0, 0.1) is 22.7 Å². The number of carbonyl (C=O) groups is 1. The van der Waals surface area contributed by atoms with Gasteiger partial charge in [0.1, 0.15) is 5.72 Å². The van der Waals surface area contributed by atoms with Crippen molar-refractivity contribution < 1.29 is 4.79 Å². The summed E-state index contributed by atoms with van der Waals surface area (Å²) in [5, 5.41) is 8.64. The summed E-state index contributed by atoms with van der Waals surface area (Å²) < 4.78 is 0.743. The molecule has 5 heteroatoms. The number of ketones is 1. The maximum absolute atomic E-state index is 11.1. The van der Waals surface area contributed by atoms with Gasteiger partial charge in [-0.05, 0) is 11.8 Å². The van der Waals surface area contributed by atoms with E-state index in [4.69, 9.17) is 5.26 Å². The lowest BCUT2D eigenvalue weighted by Crippen LogP contribution is -2.28. The second-order valence-corrected chi connectivity index (χ2v) is 15.2. The van der Waals surface area contributed by atoms with Gasteiger partial charge in [0.15, 0.2) is 0 Å². The minimum Gasteiger partial charge on any atom is -0.300 e. The molecule has 1 atom stereocenters. The first kappa shape index (κ1) is 16.4. The summed E-state index contributed by atoms with van der Waals surface area (Å²) in [7, 11) is 0. The van der Waals surface area contributed by atoms with E-state index in [-0.39, 0.29) is 17.1 Å². The molecule has 0 aromatic rings. The Bertz CT molecular complexity index is 255. The SMILES string of the molecule is CC1(C)CC(=O)CC(C#N)C1.IC(I)I. The Morgan fingerprint density at radius 1 is 1.47 bits per heavy atom. The van der Waals surface area contributed by atoms with Gasteiger partial charge in [-0.3, -0.25) is 4.79 Å². The van der Waals surface area contributed by atoms with Gasteiger partial charge < -0.3 is 0 Å². The average Bonchev–Trinajstić information content (AvgIpc) is 1.99. The lowest BCUT2D eigenvalue weighted by Gasteiger charge is -2.30. The van der Waals surface area contributed by atoms with Crippen LogP contribution in [0.3, 0.4) is 0 Å². The number of Topliss-reactive ketones (excluding diaryl/α,β-unsaturated/α-hetero) is 1. The van der Waals surface area contributed by atoms with Crippen molar-refractivity contribution in [3.63, 3.8) is 0 Å². The Labute approximate surface area is 132 Å². The third kappa shape index (κ3) is 9.09. The van der Waals surface area contributed by atoms with E-state index in [2.05, 4.69) is 87.7 Å². The van der Waals surface area contributed by atoms with Gasteiger partial charge in [-0.2, -0.15) is 5.26 Å². The highest BCUT2D eigenvalue weighted by Crippen LogP contribution is 2.36. The van der Waals surface area contributed by atoms with Gasteiger partial charge in [-0.15, -0.1) is 0 Å². The van der Waals surface area contributed by atoms with E-state index in [1.165, 1.54) is 0 Å². The molecule has 0 aromatic heterocycles. The lowest BCUT2D eigenvalue weighted by molar-refractivity contribution is -0.124. The van der Waals surface area contributed by atoms with Crippen LogP contribution >= 0.6 is 67.8 Å². The summed E-state index contributed by atoms with van der Waals surface area (Å²) >= 11 is 6.95. The molecule has 1 aliphatic carbocycles. The molecular formula is C10H14I3NO. The summed E-state index contributed by atoms with van der Waals surface area (Å²) in [6.07, 6.45) is 1.99. The van der Waals surface area contributed by atoms with E-state index in [0.29, 0.717) is 12.8 Å². The second kappa shape index (κ2) is 7.63. The number of alkyl halides is 3. The highest BCUT2D eigenvalue weighted by atomic mass is 127. The van der Waals surface area contributed by atoms with E-state index < -0.39 is 0 Å². The van der Waals surface area contributed by atoms with Gasteiger partial charge in [0.25, 0.3) is 0 Å². The van der Waals surface area contributed by atoms with Gasteiger partial charge in [-0.25, -0.2) is 0 Å². The van der Waals surface area contributed by atoms with E-state index in [1.54, 1.807) is 0 Å². The van der Waals surface area contributed by atoms with Crippen LogP contribution in [0.1, 0.15) is 33.1 Å². The first-order chi connectivity index (χ1) is 6.76. The molecule has 1 saturated carbocycles. The molecule has 0 saturated heterocycles. The first-order valence-electron chi connectivity index (χ1n) is 4.60. The minimum absolute atomic E-state index is 0.0359. The van der Waals surface area contributed by atoms with Gasteiger partial charge in [0, 0.05) is 12.8 Å². The zero-order valence-electron chi connectivity index (χ0n) is 8.77.